The van der Waals surface area contributed by atoms with Gasteiger partial charge in [0.25, 0.3) is 0 Å². The third-order valence-electron chi connectivity index (χ3n) is 5.86. The van der Waals surface area contributed by atoms with E-state index in [0.717, 1.165) is 4.90 Å². The summed E-state index contributed by atoms with van der Waals surface area (Å²) in [6.07, 6.45) is -0.674. The number of hydrogen-bond donors (Lipinski definition) is 0. The lowest BCUT2D eigenvalue weighted by Crippen LogP contribution is -2.50. The SMILES string of the molecule is COC(=O)[C@@H]1[C@@H]2C(=O)N(C(=O)OC(C)(C)C)[C@H](CO[Si](C)(C)C(C)(C)C)[C@H]12. The first-order chi connectivity index (χ1) is 12.1. The monoisotopic (exact) mass is 399 g/mol. The van der Waals surface area contributed by atoms with Crippen molar-refractivity contribution in [2.75, 3.05) is 13.7 Å². The van der Waals surface area contributed by atoms with E-state index in [1.165, 1.54) is 7.11 Å². The molecule has 1 aliphatic carbocycles. The average Bonchev–Trinajstić information content (AvgIpc) is 3.15. The summed E-state index contributed by atoms with van der Waals surface area (Å²) in [6.45, 7) is 16.1. The molecule has 2 amide bonds. The minimum absolute atomic E-state index is 0.00291. The summed E-state index contributed by atoms with van der Waals surface area (Å²) in [5.74, 6) is -2.04. The highest BCUT2D eigenvalue weighted by Gasteiger charge is 2.71. The van der Waals surface area contributed by atoms with Crippen molar-refractivity contribution < 1.29 is 28.3 Å². The van der Waals surface area contributed by atoms with E-state index in [2.05, 4.69) is 33.9 Å². The quantitative estimate of drug-likeness (QED) is 0.533. The lowest BCUT2D eigenvalue weighted by atomic mass is 10.1. The fourth-order valence-electron chi connectivity index (χ4n) is 3.30. The molecule has 1 aliphatic heterocycles. The summed E-state index contributed by atoms with van der Waals surface area (Å²) in [6, 6.07) is -0.504. The number of carbonyl (C=O) groups is 3. The van der Waals surface area contributed by atoms with Crippen molar-refractivity contribution in [2.24, 2.45) is 17.8 Å². The third-order valence-corrected chi connectivity index (χ3v) is 10.4. The van der Waals surface area contributed by atoms with Gasteiger partial charge in [-0.1, -0.05) is 20.8 Å². The van der Waals surface area contributed by atoms with E-state index in [1.54, 1.807) is 20.8 Å². The smallest absolute Gasteiger partial charge is 0.417 e. The van der Waals surface area contributed by atoms with Gasteiger partial charge in [-0.2, -0.15) is 0 Å². The van der Waals surface area contributed by atoms with Gasteiger partial charge in [0.2, 0.25) is 5.91 Å². The Kier molecular flexibility index (Phi) is 5.58. The molecule has 1 saturated heterocycles. The Hall–Kier alpha value is -1.41. The number of rotatable bonds is 4. The van der Waals surface area contributed by atoms with Crippen molar-refractivity contribution >= 4 is 26.3 Å². The average molecular weight is 400 g/mol. The van der Waals surface area contributed by atoms with Gasteiger partial charge in [0.05, 0.1) is 31.6 Å². The number of methoxy groups -OCH3 is 1. The van der Waals surface area contributed by atoms with Crippen molar-refractivity contribution in [1.29, 1.82) is 0 Å². The van der Waals surface area contributed by atoms with Crippen LogP contribution in [-0.4, -0.2) is 56.5 Å². The van der Waals surface area contributed by atoms with Crippen LogP contribution in [0, 0.1) is 17.8 Å². The molecule has 2 fully saturated rings. The minimum atomic E-state index is -2.08. The van der Waals surface area contributed by atoms with E-state index >= 15 is 0 Å². The van der Waals surface area contributed by atoms with Crippen LogP contribution >= 0.6 is 0 Å². The number of nitrogens with zero attached hydrogens (tertiary/aromatic N) is 1. The lowest BCUT2D eigenvalue weighted by Gasteiger charge is -2.38. The highest BCUT2D eigenvalue weighted by Crippen LogP contribution is 2.57. The summed E-state index contributed by atoms with van der Waals surface area (Å²) >= 11 is 0. The molecule has 0 radical (unpaired) electrons. The molecule has 154 valence electrons. The molecule has 7 nitrogen and oxygen atoms in total. The number of hydrogen-bond acceptors (Lipinski definition) is 6. The van der Waals surface area contributed by atoms with Gasteiger partial charge in [-0.3, -0.25) is 9.59 Å². The molecule has 27 heavy (non-hydrogen) atoms. The molecule has 4 atom stereocenters. The van der Waals surface area contributed by atoms with Crippen molar-refractivity contribution in [1.82, 2.24) is 4.90 Å². The summed E-state index contributed by atoms with van der Waals surface area (Å²) in [4.78, 5) is 38.6. The van der Waals surface area contributed by atoms with E-state index in [0.29, 0.717) is 0 Å². The molecular formula is C19H33NO6Si. The Labute approximate surface area is 162 Å². The van der Waals surface area contributed by atoms with E-state index < -0.39 is 43.9 Å². The maximum atomic E-state index is 12.8. The summed E-state index contributed by atoms with van der Waals surface area (Å²) < 4.78 is 16.5. The van der Waals surface area contributed by atoms with Gasteiger partial charge in [-0.25, -0.2) is 9.69 Å². The van der Waals surface area contributed by atoms with Gasteiger partial charge < -0.3 is 13.9 Å². The molecule has 0 aromatic rings. The van der Waals surface area contributed by atoms with Crippen LogP contribution in [0.1, 0.15) is 41.5 Å². The standard InChI is InChI=1S/C19H33NO6Si/c1-18(2,3)26-17(23)20-11(10-25-27(8,9)19(4,5)6)12-13(15(20)21)14(12)16(22)24-7/h11-14H,10H2,1-9H3/t11-,12+,13-,14+/m1/s1. The summed E-state index contributed by atoms with van der Waals surface area (Å²) in [5, 5.41) is -0.00291. The molecule has 8 heteroatoms. The van der Waals surface area contributed by atoms with E-state index in [4.69, 9.17) is 13.9 Å². The first-order valence-electron chi connectivity index (χ1n) is 9.40. The Morgan fingerprint density at radius 2 is 1.67 bits per heavy atom. The zero-order chi connectivity index (χ0) is 20.9. The summed E-state index contributed by atoms with van der Waals surface area (Å²) in [5.41, 5.74) is -0.712. The van der Waals surface area contributed by atoms with Gasteiger partial charge in [-0.05, 0) is 38.9 Å². The fraction of sp³-hybridized carbons (Fsp3) is 0.842. The van der Waals surface area contributed by atoms with Crippen LogP contribution in [0.25, 0.3) is 0 Å². The molecule has 0 spiro atoms. The van der Waals surface area contributed by atoms with Crippen LogP contribution in [0.5, 0.6) is 0 Å². The Morgan fingerprint density at radius 3 is 2.11 bits per heavy atom. The van der Waals surface area contributed by atoms with Gasteiger partial charge in [0.1, 0.15) is 5.60 Å². The van der Waals surface area contributed by atoms with Crippen LogP contribution in [-0.2, 0) is 23.5 Å². The van der Waals surface area contributed by atoms with Gasteiger partial charge >= 0.3 is 12.1 Å². The highest BCUT2D eigenvalue weighted by atomic mass is 28.4. The normalized spacial score (nSPS) is 28.0. The van der Waals surface area contributed by atoms with Crippen molar-refractivity contribution in [2.45, 2.75) is 71.3 Å². The number of esters is 1. The Balaban J connectivity index is 2.22. The number of amides is 2. The maximum absolute atomic E-state index is 12.8. The van der Waals surface area contributed by atoms with Crippen LogP contribution in [0.4, 0.5) is 4.79 Å². The minimum Gasteiger partial charge on any atom is -0.469 e. The Morgan fingerprint density at radius 1 is 1.11 bits per heavy atom. The molecule has 2 aliphatic rings. The van der Waals surface area contributed by atoms with Crippen LogP contribution in [0.2, 0.25) is 18.1 Å². The predicted octanol–water partition coefficient (Wildman–Crippen LogP) is 3.19. The van der Waals surface area contributed by atoms with E-state index in [-0.39, 0.29) is 23.5 Å². The molecule has 0 aromatic carbocycles. The molecule has 1 saturated carbocycles. The lowest BCUT2D eigenvalue weighted by molar-refractivity contribution is -0.146. The zero-order valence-electron chi connectivity index (χ0n) is 17.9. The van der Waals surface area contributed by atoms with Crippen LogP contribution in [0.3, 0.4) is 0 Å². The van der Waals surface area contributed by atoms with E-state index in [1.807, 2.05) is 0 Å². The molecule has 0 aromatic heterocycles. The number of fused-ring (bicyclic) bond motifs is 1. The highest BCUT2D eigenvalue weighted by molar-refractivity contribution is 6.74. The fourth-order valence-corrected chi connectivity index (χ4v) is 4.32. The van der Waals surface area contributed by atoms with Crippen molar-refractivity contribution in [3.63, 3.8) is 0 Å². The molecule has 0 N–H and O–H groups in total. The predicted molar refractivity (Wildman–Crippen MR) is 103 cm³/mol. The van der Waals surface area contributed by atoms with E-state index in [9.17, 15) is 14.4 Å². The second-order valence-electron chi connectivity index (χ2n) is 9.98. The second kappa shape index (κ2) is 6.88. The first-order valence-corrected chi connectivity index (χ1v) is 12.3. The molecular weight excluding hydrogens is 366 g/mol. The van der Waals surface area contributed by atoms with Gasteiger partial charge in [0, 0.05) is 5.92 Å². The molecule has 1 heterocycles. The first kappa shape index (κ1) is 21.9. The molecule has 2 rings (SSSR count). The number of likely N-dealkylation sites (tertiary alicyclic amines) is 1. The van der Waals surface area contributed by atoms with Crippen LogP contribution in [0.15, 0.2) is 0 Å². The topological polar surface area (TPSA) is 82.1 Å². The number of imide groups is 1. The second-order valence-corrected chi connectivity index (χ2v) is 14.8. The zero-order valence-corrected chi connectivity index (χ0v) is 18.9. The third kappa shape index (κ3) is 4.21. The number of piperidine rings is 1. The largest absolute Gasteiger partial charge is 0.469 e. The Bertz CT molecular complexity index is 633. The van der Waals surface area contributed by atoms with Gasteiger partial charge in [-0.15, -0.1) is 0 Å². The van der Waals surface area contributed by atoms with Crippen molar-refractivity contribution in [3.8, 4) is 0 Å². The number of carbonyl (C=O) groups excluding carboxylic acids is 3. The van der Waals surface area contributed by atoms with Crippen molar-refractivity contribution in [3.05, 3.63) is 0 Å². The maximum Gasteiger partial charge on any atom is 0.417 e. The van der Waals surface area contributed by atoms with Crippen LogP contribution < -0.4 is 0 Å². The summed E-state index contributed by atoms with van der Waals surface area (Å²) in [7, 11) is -0.767. The number of ether oxygens (including phenoxy) is 2. The molecule has 0 bridgehead atoms. The molecule has 0 unspecified atom stereocenters. The van der Waals surface area contributed by atoms with Gasteiger partial charge in [0.15, 0.2) is 8.32 Å².